The van der Waals surface area contributed by atoms with E-state index in [1.165, 1.54) is 30.5 Å². The van der Waals surface area contributed by atoms with Crippen LogP contribution in [-0.2, 0) is 11.3 Å². The van der Waals surface area contributed by atoms with Crippen LogP contribution in [0.1, 0.15) is 31.2 Å². The summed E-state index contributed by atoms with van der Waals surface area (Å²) in [4.78, 5) is 2.45. The second-order valence-corrected chi connectivity index (χ2v) is 5.72. The molecule has 118 valence electrons. The zero-order valence-corrected chi connectivity index (χ0v) is 13.0. The lowest BCUT2D eigenvalue weighted by atomic mass is 10.1. The topological polar surface area (TPSA) is 50.5 Å². The van der Waals surface area contributed by atoms with Crippen LogP contribution >= 0.6 is 0 Å². The fraction of sp³-hybridized carbons (Fsp3) is 0.647. The summed E-state index contributed by atoms with van der Waals surface area (Å²) in [6.45, 7) is 6.72. The van der Waals surface area contributed by atoms with Crippen molar-refractivity contribution in [1.29, 1.82) is 0 Å². The van der Waals surface area contributed by atoms with Crippen molar-refractivity contribution in [2.45, 2.75) is 32.2 Å². The van der Waals surface area contributed by atoms with Crippen LogP contribution in [0.2, 0.25) is 0 Å². The number of anilines is 1. The van der Waals surface area contributed by atoms with Gasteiger partial charge in [0.05, 0.1) is 13.2 Å². The molecule has 1 aromatic rings. The second kappa shape index (κ2) is 9.77. The van der Waals surface area contributed by atoms with E-state index in [1.54, 1.807) is 0 Å². The molecule has 0 radical (unpaired) electrons. The number of unbranched alkanes of at least 4 members (excludes halogenated alkanes) is 3. The average molecular weight is 291 g/mol. The standard InChI is InChI=1S/C17H29N3O/c18-9-3-1-2-4-10-19-17-7-5-16(6-8-17)15-20-11-13-21-14-12-20/h5-8,19H,1-4,9-15,18H2. The van der Waals surface area contributed by atoms with Gasteiger partial charge in [0.1, 0.15) is 0 Å². The predicted octanol–water partition coefficient (Wildman–Crippen LogP) is 2.45. The summed E-state index contributed by atoms with van der Waals surface area (Å²) in [7, 11) is 0. The van der Waals surface area contributed by atoms with Gasteiger partial charge in [0.15, 0.2) is 0 Å². The molecule has 0 aromatic heterocycles. The van der Waals surface area contributed by atoms with Crippen molar-refractivity contribution in [2.24, 2.45) is 5.73 Å². The zero-order valence-electron chi connectivity index (χ0n) is 13.0. The first kappa shape index (κ1) is 16.3. The van der Waals surface area contributed by atoms with Gasteiger partial charge in [-0.05, 0) is 37.1 Å². The molecule has 4 heteroatoms. The highest BCUT2D eigenvalue weighted by atomic mass is 16.5. The number of ether oxygens (including phenoxy) is 1. The van der Waals surface area contributed by atoms with Gasteiger partial charge >= 0.3 is 0 Å². The number of benzene rings is 1. The van der Waals surface area contributed by atoms with Crippen molar-refractivity contribution in [1.82, 2.24) is 4.90 Å². The minimum atomic E-state index is 0.817. The van der Waals surface area contributed by atoms with E-state index in [0.29, 0.717) is 0 Å². The molecular formula is C17H29N3O. The SMILES string of the molecule is NCCCCCCNc1ccc(CN2CCOCC2)cc1. The van der Waals surface area contributed by atoms with E-state index in [9.17, 15) is 0 Å². The van der Waals surface area contributed by atoms with E-state index < -0.39 is 0 Å². The van der Waals surface area contributed by atoms with Crippen molar-refractivity contribution < 1.29 is 4.74 Å². The Labute approximate surface area is 128 Å². The van der Waals surface area contributed by atoms with Crippen LogP contribution in [0.25, 0.3) is 0 Å². The Bertz CT molecular complexity index is 374. The molecule has 0 aliphatic carbocycles. The minimum Gasteiger partial charge on any atom is -0.385 e. The van der Waals surface area contributed by atoms with Gasteiger partial charge in [0, 0.05) is 31.9 Å². The normalized spacial score (nSPS) is 16.0. The minimum absolute atomic E-state index is 0.817. The molecule has 0 amide bonds. The lowest BCUT2D eigenvalue weighted by Crippen LogP contribution is -2.35. The van der Waals surface area contributed by atoms with Crippen molar-refractivity contribution in [2.75, 3.05) is 44.7 Å². The maximum atomic E-state index is 5.49. The van der Waals surface area contributed by atoms with Gasteiger partial charge in [-0.1, -0.05) is 25.0 Å². The fourth-order valence-electron chi connectivity index (χ4n) is 2.60. The molecule has 1 aromatic carbocycles. The Morgan fingerprint density at radius 3 is 2.43 bits per heavy atom. The molecule has 0 bridgehead atoms. The predicted molar refractivity (Wildman–Crippen MR) is 88.6 cm³/mol. The number of nitrogens with two attached hydrogens (primary N) is 1. The molecule has 0 unspecified atom stereocenters. The van der Waals surface area contributed by atoms with Gasteiger partial charge in [-0.25, -0.2) is 0 Å². The summed E-state index contributed by atoms with van der Waals surface area (Å²) in [5.74, 6) is 0. The van der Waals surface area contributed by atoms with E-state index in [4.69, 9.17) is 10.5 Å². The number of hydrogen-bond acceptors (Lipinski definition) is 4. The van der Waals surface area contributed by atoms with Crippen LogP contribution in [0.5, 0.6) is 0 Å². The average Bonchev–Trinajstić information content (AvgIpc) is 2.53. The third-order valence-electron chi connectivity index (χ3n) is 3.92. The van der Waals surface area contributed by atoms with E-state index in [0.717, 1.165) is 52.4 Å². The first-order valence-electron chi connectivity index (χ1n) is 8.21. The summed E-state index contributed by atoms with van der Waals surface area (Å²) in [6.07, 6.45) is 4.88. The number of rotatable bonds is 9. The molecule has 0 saturated carbocycles. The van der Waals surface area contributed by atoms with Crippen molar-refractivity contribution >= 4 is 5.69 Å². The fourth-order valence-corrected chi connectivity index (χ4v) is 2.60. The Balaban J connectivity index is 1.64. The molecule has 1 fully saturated rings. The van der Waals surface area contributed by atoms with Crippen LogP contribution in [0.4, 0.5) is 5.69 Å². The Hall–Kier alpha value is -1.10. The van der Waals surface area contributed by atoms with E-state index in [1.807, 2.05) is 0 Å². The molecule has 2 rings (SSSR count). The van der Waals surface area contributed by atoms with Gasteiger partial charge in [0.2, 0.25) is 0 Å². The maximum Gasteiger partial charge on any atom is 0.0594 e. The first-order valence-corrected chi connectivity index (χ1v) is 8.21. The molecule has 3 N–H and O–H groups in total. The van der Waals surface area contributed by atoms with E-state index in [2.05, 4.69) is 34.5 Å². The molecule has 1 saturated heterocycles. The third kappa shape index (κ3) is 6.46. The molecule has 1 aliphatic rings. The number of hydrogen-bond donors (Lipinski definition) is 2. The Morgan fingerprint density at radius 2 is 1.71 bits per heavy atom. The van der Waals surface area contributed by atoms with Gasteiger partial charge in [0.25, 0.3) is 0 Å². The molecule has 4 nitrogen and oxygen atoms in total. The zero-order chi connectivity index (χ0) is 14.8. The lowest BCUT2D eigenvalue weighted by Gasteiger charge is -2.26. The quantitative estimate of drug-likeness (QED) is 0.686. The molecule has 1 heterocycles. The molecule has 0 spiro atoms. The summed E-state index contributed by atoms with van der Waals surface area (Å²) >= 11 is 0. The van der Waals surface area contributed by atoms with Crippen LogP contribution < -0.4 is 11.1 Å². The summed E-state index contributed by atoms with van der Waals surface area (Å²) in [5.41, 5.74) is 8.09. The number of morpholine rings is 1. The highest BCUT2D eigenvalue weighted by Crippen LogP contribution is 2.12. The van der Waals surface area contributed by atoms with E-state index in [-0.39, 0.29) is 0 Å². The second-order valence-electron chi connectivity index (χ2n) is 5.72. The largest absolute Gasteiger partial charge is 0.385 e. The molecule has 1 aliphatic heterocycles. The van der Waals surface area contributed by atoms with Gasteiger partial charge in [-0.2, -0.15) is 0 Å². The highest BCUT2D eigenvalue weighted by Gasteiger charge is 2.10. The first-order chi connectivity index (χ1) is 10.4. The third-order valence-corrected chi connectivity index (χ3v) is 3.92. The van der Waals surface area contributed by atoms with Gasteiger partial charge in [-0.15, -0.1) is 0 Å². The highest BCUT2D eigenvalue weighted by molar-refractivity contribution is 5.44. The monoisotopic (exact) mass is 291 g/mol. The molecule has 21 heavy (non-hydrogen) atoms. The number of nitrogens with zero attached hydrogens (tertiary/aromatic N) is 1. The van der Waals surface area contributed by atoms with Crippen molar-refractivity contribution in [3.8, 4) is 0 Å². The van der Waals surface area contributed by atoms with Crippen molar-refractivity contribution in [3.63, 3.8) is 0 Å². The number of nitrogens with one attached hydrogen (secondary N) is 1. The van der Waals surface area contributed by atoms with E-state index >= 15 is 0 Å². The molecular weight excluding hydrogens is 262 g/mol. The summed E-state index contributed by atoms with van der Waals surface area (Å²) in [6, 6.07) is 8.84. The van der Waals surface area contributed by atoms with Crippen LogP contribution in [0.3, 0.4) is 0 Å². The van der Waals surface area contributed by atoms with Crippen LogP contribution in [0.15, 0.2) is 24.3 Å². The smallest absolute Gasteiger partial charge is 0.0594 e. The van der Waals surface area contributed by atoms with Gasteiger partial charge in [-0.3, -0.25) is 4.90 Å². The lowest BCUT2D eigenvalue weighted by molar-refractivity contribution is 0.0342. The van der Waals surface area contributed by atoms with Crippen LogP contribution in [0, 0.1) is 0 Å². The van der Waals surface area contributed by atoms with Crippen LogP contribution in [-0.4, -0.2) is 44.3 Å². The maximum absolute atomic E-state index is 5.49. The summed E-state index contributed by atoms with van der Waals surface area (Å²) < 4.78 is 5.38. The van der Waals surface area contributed by atoms with Gasteiger partial charge < -0.3 is 15.8 Å². The van der Waals surface area contributed by atoms with Crippen molar-refractivity contribution in [3.05, 3.63) is 29.8 Å². The molecule has 0 atom stereocenters. The Kier molecular flexibility index (Phi) is 7.57. The summed E-state index contributed by atoms with van der Waals surface area (Å²) in [5, 5.41) is 3.49. The Morgan fingerprint density at radius 1 is 1.00 bits per heavy atom.